The highest BCUT2D eigenvalue weighted by Crippen LogP contribution is 2.31. The molecular formula is C25H34N2O3S. The highest BCUT2D eigenvalue weighted by molar-refractivity contribution is 7.10. The van der Waals surface area contributed by atoms with Gasteiger partial charge in [-0.3, -0.25) is 9.69 Å². The summed E-state index contributed by atoms with van der Waals surface area (Å²) in [4.78, 5) is 15.9. The molecule has 1 aromatic carbocycles. The lowest BCUT2D eigenvalue weighted by Crippen LogP contribution is -2.43. The minimum atomic E-state index is -0.173. The van der Waals surface area contributed by atoms with Gasteiger partial charge >= 0.3 is 0 Å². The number of hydrogen-bond donors (Lipinski definition) is 1. The lowest BCUT2D eigenvalue weighted by Gasteiger charge is -2.37. The maximum atomic E-state index is 12.3. The number of nitrogens with zero attached hydrogens (tertiary/aromatic N) is 1. The number of amides is 1. The molecule has 31 heavy (non-hydrogen) atoms. The van der Waals surface area contributed by atoms with E-state index in [1.165, 1.54) is 32.1 Å². The van der Waals surface area contributed by atoms with Crippen LogP contribution in [0.2, 0.25) is 0 Å². The second kappa shape index (κ2) is 11.9. The van der Waals surface area contributed by atoms with Gasteiger partial charge < -0.3 is 14.8 Å². The summed E-state index contributed by atoms with van der Waals surface area (Å²) in [7, 11) is 1.63. The van der Waals surface area contributed by atoms with E-state index in [0.717, 1.165) is 11.4 Å². The van der Waals surface area contributed by atoms with Crippen LogP contribution in [0.15, 0.2) is 41.8 Å². The molecule has 1 aromatic heterocycles. The molecule has 0 unspecified atom stereocenters. The molecule has 168 valence electrons. The molecule has 2 aromatic rings. The number of anilines is 1. The zero-order valence-corrected chi connectivity index (χ0v) is 19.6. The van der Waals surface area contributed by atoms with E-state index in [2.05, 4.69) is 24.1 Å². The van der Waals surface area contributed by atoms with Gasteiger partial charge in [0.15, 0.2) is 11.5 Å². The number of benzene rings is 1. The van der Waals surface area contributed by atoms with Crippen molar-refractivity contribution in [2.24, 2.45) is 0 Å². The number of ether oxygens (including phenoxy) is 2. The lowest BCUT2D eigenvalue weighted by atomic mass is 9.93. The molecule has 1 saturated carbocycles. The van der Waals surface area contributed by atoms with Crippen molar-refractivity contribution < 1.29 is 14.3 Å². The largest absolute Gasteiger partial charge is 0.493 e. The van der Waals surface area contributed by atoms with Gasteiger partial charge in [-0.25, -0.2) is 0 Å². The van der Waals surface area contributed by atoms with E-state index < -0.39 is 0 Å². The second-order valence-corrected chi connectivity index (χ2v) is 9.15. The Morgan fingerprint density at radius 1 is 1.23 bits per heavy atom. The molecule has 6 heteroatoms. The van der Waals surface area contributed by atoms with E-state index >= 15 is 0 Å². The maximum Gasteiger partial charge on any atom is 0.248 e. The number of methoxy groups -OCH3 is 1. The zero-order valence-electron chi connectivity index (χ0n) is 18.8. The van der Waals surface area contributed by atoms with Gasteiger partial charge in [0.2, 0.25) is 5.91 Å². The summed E-state index contributed by atoms with van der Waals surface area (Å²) in [6, 6.07) is 10.6. The van der Waals surface area contributed by atoms with Crippen LogP contribution in [0, 0.1) is 0 Å². The summed E-state index contributed by atoms with van der Waals surface area (Å²) in [5.74, 6) is 1.14. The summed E-state index contributed by atoms with van der Waals surface area (Å²) < 4.78 is 11.6. The molecule has 0 aliphatic heterocycles. The number of rotatable bonds is 10. The zero-order chi connectivity index (χ0) is 22.1. The summed E-state index contributed by atoms with van der Waals surface area (Å²) in [6.45, 7) is 5.98. The van der Waals surface area contributed by atoms with Crippen molar-refractivity contribution in [1.82, 2.24) is 4.90 Å². The Morgan fingerprint density at radius 3 is 2.71 bits per heavy atom. The SMILES string of the molecule is COc1ccc(NC(=O)/C=C/c2cccs2)cc1OCCN(C(C)C)C1CCCCC1. The Morgan fingerprint density at radius 2 is 2.03 bits per heavy atom. The van der Waals surface area contributed by atoms with Crippen molar-refractivity contribution in [2.45, 2.75) is 58.0 Å². The van der Waals surface area contributed by atoms with E-state index in [1.54, 1.807) is 24.5 Å². The summed E-state index contributed by atoms with van der Waals surface area (Å²) in [5, 5.41) is 4.88. The maximum absolute atomic E-state index is 12.3. The molecule has 0 bridgehead atoms. The lowest BCUT2D eigenvalue weighted by molar-refractivity contribution is -0.111. The third-order valence-corrected chi connectivity index (χ3v) is 6.52. The van der Waals surface area contributed by atoms with Crippen molar-refractivity contribution in [1.29, 1.82) is 0 Å². The van der Waals surface area contributed by atoms with Crippen LogP contribution in [0.4, 0.5) is 5.69 Å². The van der Waals surface area contributed by atoms with Gasteiger partial charge in [0, 0.05) is 41.3 Å². The molecule has 1 amide bonds. The molecule has 0 radical (unpaired) electrons. The van der Waals surface area contributed by atoms with E-state index in [4.69, 9.17) is 9.47 Å². The van der Waals surface area contributed by atoms with Crippen molar-refractivity contribution in [3.63, 3.8) is 0 Å². The van der Waals surface area contributed by atoms with E-state index in [0.29, 0.717) is 35.9 Å². The predicted molar refractivity (Wildman–Crippen MR) is 129 cm³/mol. The molecule has 1 aliphatic carbocycles. The van der Waals surface area contributed by atoms with Gasteiger partial charge in [-0.1, -0.05) is 25.3 Å². The third kappa shape index (κ3) is 7.11. The van der Waals surface area contributed by atoms with Gasteiger partial charge in [0.25, 0.3) is 0 Å². The van der Waals surface area contributed by atoms with Crippen LogP contribution in [0.25, 0.3) is 6.08 Å². The Kier molecular flexibility index (Phi) is 8.98. The first-order valence-electron chi connectivity index (χ1n) is 11.2. The molecule has 0 spiro atoms. The van der Waals surface area contributed by atoms with Crippen molar-refractivity contribution in [2.75, 3.05) is 25.6 Å². The topological polar surface area (TPSA) is 50.8 Å². The normalized spacial score (nSPS) is 15.0. The van der Waals surface area contributed by atoms with Crippen LogP contribution < -0.4 is 14.8 Å². The molecule has 3 rings (SSSR count). The third-order valence-electron chi connectivity index (χ3n) is 5.69. The molecule has 0 saturated heterocycles. The second-order valence-electron chi connectivity index (χ2n) is 8.18. The highest BCUT2D eigenvalue weighted by atomic mass is 32.1. The molecular weight excluding hydrogens is 408 g/mol. The quantitative estimate of drug-likeness (QED) is 0.470. The number of thiophene rings is 1. The number of carbonyl (C=O) groups excluding carboxylic acids is 1. The van der Waals surface area contributed by atoms with Crippen LogP contribution in [-0.4, -0.2) is 43.2 Å². The van der Waals surface area contributed by atoms with Crippen LogP contribution in [0.3, 0.4) is 0 Å². The van der Waals surface area contributed by atoms with E-state index in [1.807, 2.05) is 41.8 Å². The Balaban J connectivity index is 1.58. The average Bonchev–Trinajstić information content (AvgIpc) is 3.29. The van der Waals surface area contributed by atoms with Crippen molar-refractivity contribution in [3.8, 4) is 11.5 Å². The number of carbonyl (C=O) groups is 1. The summed E-state index contributed by atoms with van der Waals surface area (Å²) >= 11 is 1.59. The monoisotopic (exact) mass is 442 g/mol. The Bertz CT molecular complexity index is 842. The fourth-order valence-corrected chi connectivity index (χ4v) is 4.75. The smallest absolute Gasteiger partial charge is 0.248 e. The van der Waals surface area contributed by atoms with Crippen molar-refractivity contribution in [3.05, 3.63) is 46.7 Å². The Hall–Kier alpha value is -2.31. The van der Waals surface area contributed by atoms with Crippen molar-refractivity contribution >= 4 is 29.0 Å². The Labute approximate surface area is 190 Å². The molecule has 1 N–H and O–H groups in total. The van der Waals surface area contributed by atoms with Gasteiger partial charge in [-0.05, 0) is 56.3 Å². The first-order valence-corrected chi connectivity index (χ1v) is 12.0. The van der Waals surface area contributed by atoms with Crippen LogP contribution >= 0.6 is 11.3 Å². The number of nitrogens with one attached hydrogen (secondary N) is 1. The molecule has 0 atom stereocenters. The first kappa shape index (κ1) is 23.4. The fraction of sp³-hybridized carbons (Fsp3) is 0.480. The first-order chi connectivity index (χ1) is 15.1. The molecule has 1 fully saturated rings. The molecule has 1 aliphatic rings. The minimum absolute atomic E-state index is 0.173. The van der Waals surface area contributed by atoms with Gasteiger partial charge in [0.05, 0.1) is 7.11 Å². The molecule has 5 nitrogen and oxygen atoms in total. The molecule has 1 heterocycles. The fourth-order valence-electron chi connectivity index (χ4n) is 4.13. The summed E-state index contributed by atoms with van der Waals surface area (Å²) in [5.41, 5.74) is 0.685. The van der Waals surface area contributed by atoms with Gasteiger partial charge in [-0.15, -0.1) is 11.3 Å². The highest BCUT2D eigenvalue weighted by Gasteiger charge is 2.23. The van der Waals surface area contributed by atoms with E-state index in [-0.39, 0.29) is 5.91 Å². The van der Waals surface area contributed by atoms with Gasteiger partial charge in [-0.2, -0.15) is 0 Å². The van der Waals surface area contributed by atoms with Crippen LogP contribution in [0.5, 0.6) is 11.5 Å². The summed E-state index contributed by atoms with van der Waals surface area (Å²) in [6.07, 6.45) is 9.92. The van der Waals surface area contributed by atoms with Gasteiger partial charge in [0.1, 0.15) is 6.61 Å². The average molecular weight is 443 g/mol. The standard InChI is InChI=1S/C25H34N2O3S/c1-19(2)27(21-8-5-4-6-9-21)15-16-30-24-18-20(11-13-23(24)29-3)26-25(28)14-12-22-10-7-17-31-22/h7,10-14,17-19,21H,4-6,8-9,15-16H2,1-3H3,(H,26,28)/b14-12+. The number of hydrogen-bond acceptors (Lipinski definition) is 5. The van der Waals surface area contributed by atoms with Crippen LogP contribution in [-0.2, 0) is 4.79 Å². The van der Waals surface area contributed by atoms with E-state index in [9.17, 15) is 4.79 Å². The van der Waals surface area contributed by atoms with Crippen LogP contribution in [0.1, 0.15) is 50.8 Å². The minimum Gasteiger partial charge on any atom is -0.493 e. The predicted octanol–water partition coefficient (Wildman–Crippen LogP) is 5.83.